The summed E-state index contributed by atoms with van der Waals surface area (Å²) in [6.45, 7) is 3.46. The smallest absolute Gasteiger partial charge is 0.237 e. The lowest BCUT2D eigenvalue weighted by molar-refractivity contribution is -0.126. The first-order chi connectivity index (χ1) is 11.4. The van der Waals surface area contributed by atoms with Crippen LogP contribution >= 0.6 is 0 Å². The van der Waals surface area contributed by atoms with Gasteiger partial charge < -0.3 is 5.32 Å². The Labute approximate surface area is 143 Å². The summed E-state index contributed by atoms with van der Waals surface area (Å²) in [5.41, 5.74) is 2.56. The van der Waals surface area contributed by atoms with Gasteiger partial charge in [-0.05, 0) is 30.9 Å². The van der Waals surface area contributed by atoms with Crippen LogP contribution < -0.4 is 5.32 Å². The molecule has 1 aromatic rings. The number of rotatable bonds is 4. The summed E-state index contributed by atoms with van der Waals surface area (Å²) in [6, 6.07) is 9.82. The van der Waals surface area contributed by atoms with Crippen molar-refractivity contribution in [3.05, 3.63) is 42.0 Å². The minimum absolute atomic E-state index is 0.0729. The molecule has 2 aliphatic rings. The molecule has 0 saturated carbocycles. The van der Waals surface area contributed by atoms with Crippen molar-refractivity contribution in [2.24, 2.45) is 0 Å². The van der Waals surface area contributed by atoms with Crippen LogP contribution in [0.5, 0.6) is 0 Å². The van der Waals surface area contributed by atoms with E-state index in [9.17, 15) is 13.2 Å². The van der Waals surface area contributed by atoms with Crippen molar-refractivity contribution in [3.63, 3.8) is 0 Å². The standard InChI is InChI=1S/C18H24N2O3S/c1-14(18(21)19-17-9-12-24(22,23)13-17)20-10-7-16(8-11-20)15-5-3-2-4-6-15/h2-7,14,17H,8-13H2,1H3,(H,19,21)/t14-,17+/m1/s1. The van der Waals surface area contributed by atoms with Crippen molar-refractivity contribution in [3.8, 4) is 0 Å². The van der Waals surface area contributed by atoms with E-state index in [-0.39, 0.29) is 29.5 Å². The fraction of sp³-hybridized carbons (Fsp3) is 0.500. The highest BCUT2D eigenvalue weighted by molar-refractivity contribution is 7.91. The molecule has 1 saturated heterocycles. The maximum atomic E-state index is 12.4. The highest BCUT2D eigenvalue weighted by Gasteiger charge is 2.31. The van der Waals surface area contributed by atoms with E-state index in [1.54, 1.807) is 0 Å². The molecule has 0 unspecified atom stereocenters. The Morgan fingerprint density at radius 1 is 1.29 bits per heavy atom. The predicted molar refractivity (Wildman–Crippen MR) is 95.3 cm³/mol. The number of nitrogens with zero attached hydrogens (tertiary/aromatic N) is 1. The minimum atomic E-state index is -2.97. The van der Waals surface area contributed by atoms with E-state index in [4.69, 9.17) is 0 Å². The summed E-state index contributed by atoms with van der Waals surface area (Å²) in [5, 5.41) is 2.89. The zero-order valence-electron chi connectivity index (χ0n) is 13.9. The normalized spacial score (nSPS) is 25.0. The first kappa shape index (κ1) is 17.2. The first-order valence-electron chi connectivity index (χ1n) is 8.44. The highest BCUT2D eigenvalue weighted by Crippen LogP contribution is 2.23. The van der Waals surface area contributed by atoms with E-state index < -0.39 is 9.84 Å². The molecule has 24 heavy (non-hydrogen) atoms. The van der Waals surface area contributed by atoms with E-state index in [0.717, 1.165) is 19.5 Å². The van der Waals surface area contributed by atoms with E-state index >= 15 is 0 Å². The summed E-state index contributed by atoms with van der Waals surface area (Å²) in [6.07, 6.45) is 3.63. The quantitative estimate of drug-likeness (QED) is 0.895. The topological polar surface area (TPSA) is 66.5 Å². The Bertz CT molecular complexity index is 728. The molecule has 0 spiro atoms. The molecule has 1 aromatic carbocycles. The Kier molecular flexibility index (Phi) is 5.06. The molecule has 1 fully saturated rings. The van der Waals surface area contributed by atoms with Crippen LogP contribution in [-0.2, 0) is 14.6 Å². The third kappa shape index (κ3) is 4.05. The van der Waals surface area contributed by atoms with Gasteiger partial charge in [0.15, 0.2) is 9.84 Å². The van der Waals surface area contributed by atoms with Gasteiger partial charge in [0.05, 0.1) is 17.5 Å². The van der Waals surface area contributed by atoms with Crippen molar-refractivity contribution < 1.29 is 13.2 Å². The fourth-order valence-corrected chi connectivity index (χ4v) is 5.02. The van der Waals surface area contributed by atoms with Gasteiger partial charge in [-0.3, -0.25) is 9.69 Å². The van der Waals surface area contributed by atoms with Gasteiger partial charge in [-0.25, -0.2) is 8.42 Å². The van der Waals surface area contributed by atoms with Crippen LogP contribution in [0.2, 0.25) is 0 Å². The molecular weight excluding hydrogens is 324 g/mol. The molecule has 3 rings (SSSR count). The maximum Gasteiger partial charge on any atom is 0.237 e. The van der Waals surface area contributed by atoms with Crippen LogP contribution in [0.1, 0.15) is 25.3 Å². The zero-order chi connectivity index (χ0) is 17.2. The van der Waals surface area contributed by atoms with Gasteiger partial charge in [0.25, 0.3) is 0 Å². The second kappa shape index (κ2) is 7.07. The Hall–Kier alpha value is -1.66. The Morgan fingerprint density at radius 2 is 2.04 bits per heavy atom. The van der Waals surface area contributed by atoms with Gasteiger partial charge in [-0.1, -0.05) is 36.4 Å². The molecule has 0 bridgehead atoms. The fourth-order valence-electron chi connectivity index (χ4n) is 3.35. The van der Waals surface area contributed by atoms with Gasteiger partial charge in [0.1, 0.15) is 0 Å². The average molecular weight is 348 g/mol. The number of carbonyl (C=O) groups excluding carboxylic acids is 1. The zero-order valence-corrected chi connectivity index (χ0v) is 14.8. The summed E-state index contributed by atoms with van der Waals surface area (Å²) < 4.78 is 23.0. The van der Waals surface area contributed by atoms with Crippen molar-refractivity contribution in [2.75, 3.05) is 24.6 Å². The number of hydrogen-bond acceptors (Lipinski definition) is 4. The van der Waals surface area contributed by atoms with E-state index in [1.807, 2.05) is 25.1 Å². The summed E-state index contributed by atoms with van der Waals surface area (Å²) >= 11 is 0. The predicted octanol–water partition coefficient (Wildman–Crippen LogP) is 1.47. The number of carbonyl (C=O) groups is 1. The molecule has 6 heteroatoms. The highest BCUT2D eigenvalue weighted by atomic mass is 32.2. The Morgan fingerprint density at radius 3 is 2.62 bits per heavy atom. The molecule has 2 aliphatic heterocycles. The van der Waals surface area contributed by atoms with Gasteiger partial charge in [0, 0.05) is 19.1 Å². The van der Waals surface area contributed by atoms with Crippen LogP contribution in [-0.4, -0.2) is 55.9 Å². The van der Waals surface area contributed by atoms with Crippen molar-refractivity contribution in [1.29, 1.82) is 0 Å². The van der Waals surface area contributed by atoms with Gasteiger partial charge in [-0.2, -0.15) is 0 Å². The van der Waals surface area contributed by atoms with Gasteiger partial charge in [-0.15, -0.1) is 0 Å². The average Bonchev–Trinajstić information content (AvgIpc) is 2.93. The molecule has 2 heterocycles. The van der Waals surface area contributed by atoms with Crippen LogP contribution in [0.15, 0.2) is 36.4 Å². The minimum Gasteiger partial charge on any atom is -0.351 e. The van der Waals surface area contributed by atoms with E-state index in [0.29, 0.717) is 6.42 Å². The molecule has 1 N–H and O–H groups in total. The van der Waals surface area contributed by atoms with Crippen LogP contribution in [0.4, 0.5) is 0 Å². The first-order valence-corrected chi connectivity index (χ1v) is 10.3. The molecule has 1 amide bonds. The summed E-state index contributed by atoms with van der Waals surface area (Å²) in [5.74, 6) is 0.177. The monoisotopic (exact) mass is 348 g/mol. The molecule has 0 aromatic heterocycles. The molecule has 2 atom stereocenters. The lowest BCUT2D eigenvalue weighted by Crippen LogP contribution is -2.49. The van der Waals surface area contributed by atoms with Crippen molar-refractivity contribution in [2.45, 2.75) is 31.8 Å². The van der Waals surface area contributed by atoms with E-state index in [2.05, 4.69) is 28.4 Å². The molecule has 0 aliphatic carbocycles. The van der Waals surface area contributed by atoms with Crippen LogP contribution in [0.25, 0.3) is 5.57 Å². The number of hydrogen-bond donors (Lipinski definition) is 1. The third-order valence-corrected chi connectivity index (χ3v) is 6.66. The SMILES string of the molecule is C[C@H](C(=O)N[C@H]1CCS(=O)(=O)C1)N1CC=C(c2ccccc2)CC1. The van der Waals surface area contributed by atoms with Gasteiger partial charge >= 0.3 is 0 Å². The largest absolute Gasteiger partial charge is 0.351 e. The van der Waals surface area contributed by atoms with Crippen molar-refractivity contribution in [1.82, 2.24) is 10.2 Å². The number of sulfone groups is 1. The number of benzene rings is 1. The van der Waals surface area contributed by atoms with Crippen LogP contribution in [0, 0.1) is 0 Å². The third-order valence-electron chi connectivity index (χ3n) is 4.89. The molecule has 5 nitrogen and oxygen atoms in total. The number of amides is 1. The number of nitrogens with one attached hydrogen (secondary N) is 1. The summed E-state index contributed by atoms with van der Waals surface area (Å²) in [7, 11) is -2.97. The van der Waals surface area contributed by atoms with Gasteiger partial charge in [0.2, 0.25) is 5.91 Å². The molecule has 130 valence electrons. The second-order valence-electron chi connectivity index (χ2n) is 6.62. The Balaban J connectivity index is 1.56. The van der Waals surface area contributed by atoms with Crippen LogP contribution in [0.3, 0.4) is 0 Å². The lowest BCUT2D eigenvalue weighted by Gasteiger charge is -2.31. The van der Waals surface area contributed by atoms with Crippen molar-refractivity contribution >= 4 is 21.3 Å². The molecule has 0 radical (unpaired) electrons. The van der Waals surface area contributed by atoms with E-state index in [1.165, 1.54) is 11.1 Å². The summed E-state index contributed by atoms with van der Waals surface area (Å²) in [4.78, 5) is 14.5. The lowest BCUT2D eigenvalue weighted by atomic mass is 9.99. The maximum absolute atomic E-state index is 12.4. The molecular formula is C18H24N2O3S. The second-order valence-corrected chi connectivity index (χ2v) is 8.85.